The molecule has 2 rings (SSSR count). The third-order valence-corrected chi connectivity index (χ3v) is 3.49. The highest BCUT2D eigenvalue weighted by atomic mass is 35.5. The van der Waals surface area contributed by atoms with E-state index < -0.39 is 0 Å². The quantitative estimate of drug-likeness (QED) is 0.597. The van der Waals surface area contributed by atoms with Crippen molar-refractivity contribution in [2.24, 2.45) is 0 Å². The molecule has 0 atom stereocenters. The molecule has 100 valence electrons. The van der Waals surface area contributed by atoms with Gasteiger partial charge in [-0.05, 0) is 36.4 Å². The Kier molecular flexibility index (Phi) is 5.36. The molecule has 0 amide bonds. The second-order valence-corrected chi connectivity index (χ2v) is 5.24. The molecule has 5 heteroatoms. The van der Waals surface area contributed by atoms with E-state index in [1.165, 1.54) is 0 Å². The minimum absolute atomic E-state index is 0.626. The Hall–Kier alpha value is -1.39. The van der Waals surface area contributed by atoms with Crippen LogP contribution < -0.4 is 9.47 Å². The fourth-order valence-electron chi connectivity index (χ4n) is 1.43. The Morgan fingerprint density at radius 1 is 1.11 bits per heavy atom. The van der Waals surface area contributed by atoms with Crippen LogP contribution in [-0.2, 0) is 0 Å². The minimum Gasteiger partial charge on any atom is -0.497 e. The molecule has 0 spiro atoms. The van der Waals surface area contributed by atoms with Crippen molar-refractivity contribution in [3.05, 3.63) is 47.6 Å². The van der Waals surface area contributed by atoms with Gasteiger partial charge in [0.1, 0.15) is 11.5 Å². The first kappa shape index (κ1) is 14.0. The molecular formula is C14H14ClNO2S. The van der Waals surface area contributed by atoms with E-state index in [-0.39, 0.29) is 0 Å². The Balaban J connectivity index is 1.72. The molecule has 0 aliphatic carbocycles. The molecule has 0 radical (unpaired) electrons. The summed E-state index contributed by atoms with van der Waals surface area (Å²) in [6.07, 6.45) is 1.65. The predicted molar refractivity (Wildman–Crippen MR) is 78.5 cm³/mol. The second-order valence-electron chi connectivity index (χ2n) is 3.69. The molecule has 1 aromatic carbocycles. The SMILES string of the molecule is COc1ccc(OCCSc2ccc(Cl)cn2)cc1. The smallest absolute Gasteiger partial charge is 0.119 e. The molecule has 2 aromatic rings. The highest BCUT2D eigenvalue weighted by Crippen LogP contribution is 2.19. The van der Waals surface area contributed by atoms with Crippen molar-refractivity contribution in [2.75, 3.05) is 19.5 Å². The molecule has 0 N–H and O–H groups in total. The number of ether oxygens (including phenoxy) is 2. The highest BCUT2D eigenvalue weighted by molar-refractivity contribution is 7.99. The molecule has 1 aromatic heterocycles. The van der Waals surface area contributed by atoms with E-state index in [0.717, 1.165) is 22.3 Å². The summed E-state index contributed by atoms with van der Waals surface area (Å²) in [7, 11) is 1.64. The number of hydrogen-bond acceptors (Lipinski definition) is 4. The predicted octanol–water partition coefficient (Wildman–Crippen LogP) is 3.91. The summed E-state index contributed by atoms with van der Waals surface area (Å²) >= 11 is 7.41. The zero-order valence-electron chi connectivity index (χ0n) is 10.5. The van der Waals surface area contributed by atoms with Crippen LogP contribution in [0.25, 0.3) is 0 Å². The molecular weight excluding hydrogens is 282 g/mol. The van der Waals surface area contributed by atoms with Crippen LogP contribution >= 0.6 is 23.4 Å². The maximum Gasteiger partial charge on any atom is 0.119 e. The first-order valence-electron chi connectivity index (χ1n) is 5.79. The van der Waals surface area contributed by atoms with Crippen LogP contribution in [0.15, 0.2) is 47.6 Å². The summed E-state index contributed by atoms with van der Waals surface area (Å²) < 4.78 is 10.7. The van der Waals surface area contributed by atoms with E-state index in [1.807, 2.05) is 36.4 Å². The molecule has 19 heavy (non-hydrogen) atoms. The average Bonchev–Trinajstić information content (AvgIpc) is 2.46. The lowest BCUT2D eigenvalue weighted by molar-refractivity contribution is 0.342. The summed E-state index contributed by atoms with van der Waals surface area (Å²) in [5.74, 6) is 2.50. The number of benzene rings is 1. The van der Waals surface area contributed by atoms with Crippen molar-refractivity contribution < 1.29 is 9.47 Å². The van der Waals surface area contributed by atoms with Gasteiger partial charge in [-0.15, -0.1) is 11.8 Å². The number of rotatable bonds is 6. The lowest BCUT2D eigenvalue weighted by Gasteiger charge is -2.06. The zero-order chi connectivity index (χ0) is 13.5. The summed E-state index contributed by atoms with van der Waals surface area (Å²) in [5, 5.41) is 1.60. The average molecular weight is 296 g/mol. The van der Waals surface area contributed by atoms with Crippen molar-refractivity contribution in [1.82, 2.24) is 4.98 Å². The van der Waals surface area contributed by atoms with Gasteiger partial charge in [0, 0.05) is 11.9 Å². The minimum atomic E-state index is 0.626. The highest BCUT2D eigenvalue weighted by Gasteiger charge is 1.98. The summed E-state index contributed by atoms with van der Waals surface area (Å²) in [6.45, 7) is 0.626. The Labute approximate surface area is 121 Å². The van der Waals surface area contributed by atoms with Crippen molar-refractivity contribution in [3.8, 4) is 11.5 Å². The lowest BCUT2D eigenvalue weighted by atomic mass is 10.3. The first-order valence-corrected chi connectivity index (χ1v) is 7.15. The Bertz CT molecular complexity index is 502. The van der Waals surface area contributed by atoms with Crippen LogP contribution in [0.5, 0.6) is 11.5 Å². The van der Waals surface area contributed by atoms with Crippen LogP contribution in [0, 0.1) is 0 Å². The summed E-state index contributed by atoms with van der Waals surface area (Å²) in [6, 6.07) is 11.3. The van der Waals surface area contributed by atoms with Crippen LogP contribution in [0.2, 0.25) is 5.02 Å². The maximum atomic E-state index is 5.77. The zero-order valence-corrected chi connectivity index (χ0v) is 12.1. The molecule has 0 fully saturated rings. The van der Waals surface area contributed by atoms with Gasteiger partial charge >= 0.3 is 0 Å². The molecule has 3 nitrogen and oxygen atoms in total. The second kappa shape index (κ2) is 7.26. The van der Waals surface area contributed by atoms with Crippen molar-refractivity contribution >= 4 is 23.4 Å². The molecule has 1 heterocycles. The first-order chi connectivity index (χ1) is 9.28. The third-order valence-electron chi connectivity index (χ3n) is 2.36. The number of halogens is 1. The van der Waals surface area contributed by atoms with Crippen LogP contribution in [0.4, 0.5) is 0 Å². The summed E-state index contributed by atoms with van der Waals surface area (Å²) in [5.41, 5.74) is 0. The van der Waals surface area contributed by atoms with E-state index in [0.29, 0.717) is 11.6 Å². The summed E-state index contributed by atoms with van der Waals surface area (Å²) in [4.78, 5) is 4.20. The van der Waals surface area contributed by atoms with Gasteiger partial charge < -0.3 is 9.47 Å². The molecule has 0 bridgehead atoms. The maximum absolute atomic E-state index is 5.77. The van der Waals surface area contributed by atoms with Crippen LogP contribution in [0.3, 0.4) is 0 Å². The molecule has 0 saturated heterocycles. The Morgan fingerprint density at radius 3 is 2.47 bits per heavy atom. The van der Waals surface area contributed by atoms with E-state index in [9.17, 15) is 0 Å². The number of methoxy groups -OCH3 is 1. The van der Waals surface area contributed by atoms with Crippen molar-refractivity contribution in [3.63, 3.8) is 0 Å². The van der Waals surface area contributed by atoms with Crippen LogP contribution in [0.1, 0.15) is 0 Å². The van der Waals surface area contributed by atoms with Gasteiger partial charge in [-0.2, -0.15) is 0 Å². The van der Waals surface area contributed by atoms with E-state index >= 15 is 0 Å². The van der Waals surface area contributed by atoms with Crippen molar-refractivity contribution in [1.29, 1.82) is 0 Å². The molecule has 0 aliphatic rings. The largest absolute Gasteiger partial charge is 0.497 e. The topological polar surface area (TPSA) is 31.4 Å². The number of aromatic nitrogens is 1. The van der Waals surface area contributed by atoms with Crippen LogP contribution in [-0.4, -0.2) is 24.5 Å². The normalized spacial score (nSPS) is 10.2. The Morgan fingerprint density at radius 2 is 1.84 bits per heavy atom. The van der Waals surface area contributed by atoms with E-state index in [4.69, 9.17) is 21.1 Å². The monoisotopic (exact) mass is 295 g/mol. The fraction of sp³-hybridized carbons (Fsp3) is 0.214. The van der Waals surface area contributed by atoms with E-state index in [2.05, 4.69) is 4.98 Å². The van der Waals surface area contributed by atoms with Gasteiger partial charge in [0.2, 0.25) is 0 Å². The van der Waals surface area contributed by atoms with Crippen molar-refractivity contribution in [2.45, 2.75) is 5.03 Å². The number of pyridine rings is 1. The molecule has 0 saturated carbocycles. The number of nitrogens with zero attached hydrogens (tertiary/aromatic N) is 1. The van der Waals surface area contributed by atoms with Gasteiger partial charge in [0.25, 0.3) is 0 Å². The van der Waals surface area contributed by atoms with Gasteiger partial charge in [-0.1, -0.05) is 11.6 Å². The number of hydrogen-bond donors (Lipinski definition) is 0. The molecule has 0 unspecified atom stereocenters. The van der Waals surface area contributed by atoms with E-state index in [1.54, 1.807) is 25.1 Å². The van der Waals surface area contributed by atoms with Gasteiger partial charge in [0.15, 0.2) is 0 Å². The number of thioether (sulfide) groups is 1. The van der Waals surface area contributed by atoms with Gasteiger partial charge in [-0.25, -0.2) is 4.98 Å². The lowest BCUT2D eigenvalue weighted by Crippen LogP contribution is -2.00. The molecule has 0 aliphatic heterocycles. The standard InChI is InChI=1S/C14H14ClNO2S/c1-17-12-3-5-13(6-4-12)18-8-9-19-14-7-2-11(15)10-16-14/h2-7,10H,8-9H2,1H3. The van der Waals surface area contributed by atoms with Gasteiger partial charge in [0.05, 0.1) is 23.8 Å². The fourth-order valence-corrected chi connectivity index (χ4v) is 2.20. The van der Waals surface area contributed by atoms with Gasteiger partial charge in [-0.3, -0.25) is 0 Å². The third kappa shape index (κ3) is 4.65.